The van der Waals surface area contributed by atoms with Crippen LogP contribution in [0.3, 0.4) is 0 Å². The fourth-order valence-electron chi connectivity index (χ4n) is 1.37. The smallest absolute Gasteiger partial charge is 0.135 e. The molecule has 0 aromatic carbocycles. The minimum absolute atomic E-state index is 0.614. The highest BCUT2D eigenvalue weighted by Crippen LogP contribution is 2.27. The van der Waals surface area contributed by atoms with Crippen LogP contribution in [0.1, 0.15) is 24.5 Å². The molecule has 14 heavy (non-hydrogen) atoms. The van der Waals surface area contributed by atoms with Crippen molar-refractivity contribution in [1.29, 1.82) is 0 Å². The first-order valence-corrected chi connectivity index (χ1v) is 5.61. The molecule has 0 spiro atoms. The molecule has 0 fully saturated rings. The van der Waals surface area contributed by atoms with Gasteiger partial charge in [0.15, 0.2) is 0 Å². The number of aromatic nitrogens is 2. The van der Waals surface area contributed by atoms with Crippen LogP contribution < -0.4 is 5.73 Å². The van der Waals surface area contributed by atoms with Crippen molar-refractivity contribution >= 4 is 27.4 Å². The molecule has 2 rings (SSSR count). The maximum absolute atomic E-state index is 5.86. The third-order valence-electron chi connectivity index (χ3n) is 2.18. The lowest BCUT2D eigenvalue weighted by atomic mass is 10.3. The first kappa shape index (κ1) is 9.40. The van der Waals surface area contributed by atoms with Gasteiger partial charge >= 0.3 is 0 Å². The van der Waals surface area contributed by atoms with E-state index in [9.17, 15) is 0 Å². The van der Waals surface area contributed by atoms with Crippen molar-refractivity contribution in [3.8, 4) is 0 Å². The molecule has 0 saturated heterocycles. The molecule has 0 aliphatic carbocycles. The van der Waals surface area contributed by atoms with Gasteiger partial charge in [-0.25, -0.2) is 9.97 Å². The lowest BCUT2D eigenvalue weighted by molar-refractivity contribution is 0.969. The third kappa shape index (κ3) is 1.46. The van der Waals surface area contributed by atoms with Crippen LogP contribution in [-0.2, 0) is 12.8 Å². The molecule has 2 aromatic rings. The number of hydrogen-bond donors (Lipinski definition) is 1. The average Bonchev–Trinajstić information content (AvgIpc) is 2.61. The van der Waals surface area contributed by atoms with Crippen molar-refractivity contribution in [2.75, 3.05) is 5.73 Å². The Bertz CT molecular complexity index is 462. The number of hydrogen-bond acceptors (Lipinski definition) is 4. The maximum Gasteiger partial charge on any atom is 0.135 e. The molecular weight excluding hydrogens is 194 g/mol. The summed E-state index contributed by atoms with van der Waals surface area (Å²) in [5.41, 5.74) is 5.86. The van der Waals surface area contributed by atoms with Gasteiger partial charge in [0.2, 0.25) is 0 Å². The molecule has 2 N–H and O–H groups in total. The summed E-state index contributed by atoms with van der Waals surface area (Å²) in [4.78, 5) is 11.0. The second-order valence-electron chi connectivity index (χ2n) is 3.16. The lowest BCUT2D eigenvalue weighted by Crippen LogP contribution is -1.97. The largest absolute Gasteiger partial charge is 0.383 e. The fourth-order valence-corrected chi connectivity index (χ4v) is 2.37. The van der Waals surface area contributed by atoms with Gasteiger partial charge in [-0.2, -0.15) is 0 Å². The normalized spacial score (nSPS) is 11.0. The van der Waals surface area contributed by atoms with Crippen LogP contribution in [0.2, 0.25) is 0 Å². The Balaban J connectivity index is 2.67. The summed E-state index contributed by atoms with van der Waals surface area (Å²) in [6.45, 7) is 4.17. The summed E-state index contributed by atoms with van der Waals surface area (Å²) in [7, 11) is 0. The van der Waals surface area contributed by atoms with Gasteiger partial charge in [0.05, 0.1) is 5.39 Å². The van der Waals surface area contributed by atoms with E-state index in [0.717, 1.165) is 28.9 Å². The Morgan fingerprint density at radius 3 is 2.71 bits per heavy atom. The Kier molecular flexibility index (Phi) is 2.37. The first-order valence-electron chi connectivity index (χ1n) is 4.79. The first-order chi connectivity index (χ1) is 6.74. The Hall–Kier alpha value is -1.16. The monoisotopic (exact) mass is 207 g/mol. The molecule has 0 aliphatic heterocycles. The molecule has 3 nitrogen and oxygen atoms in total. The highest BCUT2D eigenvalue weighted by atomic mass is 32.1. The van der Waals surface area contributed by atoms with Gasteiger partial charge in [0.1, 0.15) is 16.5 Å². The van der Waals surface area contributed by atoms with Crippen molar-refractivity contribution < 1.29 is 0 Å². The summed E-state index contributed by atoms with van der Waals surface area (Å²) in [5, 5.41) is 1.00. The van der Waals surface area contributed by atoms with Crippen LogP contribution in [0.15, 0.2) is 6.07 Å². The maximum atomic E-state index is 5.86. The van der Waals surface area contributed by atoms with Gasteiger partial charge in [-0.05, 0) is 12.5 Å². The van der Waals surface area contributed by atoms with Crippen molar-refractivity contribution in [3.05, 3.63) is 16.8 Å². The van der Waals surface area contributed by atoms with Crippen molar-refractivity contribution in [2.45, 2.75) is 26.7 Å². The molecule has 74 valence electrons. The molecule has 0 atom stereocenters. The lowest BCUT2D eigenvalue weighted by Gasteiger charge is -1.98. The minimum atomic E-state index is 0.614. The second kappa shape index (κ2) is 3.53. The van der Waals surface area contributed by atoms with Gasteiger partial charge in [0, 0.05) is 11.3 Å². The Labute approximate surface area is 87.0 Å². The molecule has 0 radical (unpaired) electrons. The SMILES string of the molecule is CCc1nc(N)c2cc(CC)sc2n1. The number of nitrogens with zero attached hydrogens (tertiary/aromatic N) is 2. The number of thiophene rings is 1. The second-order valence-corrected chi connectivity index (χ2v) is 4.28. The fraction of sp³-hybridized carbons (Fsp3) is 0.400. The van der Waals surface area contributed by atoms with Crippen molar-refractivity contribution in [3.63, 3.8) is 0 Å². The van der Waals surface area contributed by atoms with Gasteiger partial charge < -0.3 is 5.73 Å². The highest BCUT2D eigenvalue weighted by Gasteiger charge is 2.07. The van der Waals surface area contributed by atoms with Gasteiger partial charge in [-0.15, -0.1) is 11.3 Å². The standard InChI is InChI=1S/C10H13N3S/c1-3-6-5-7-9(11)12-8(4-2)13-10(7)14-6/h5H,3-4H2,1-2H3,(H2,11,12,13). The molecule has 0 amide bonds. The molecule has 2 heterocycles. The van der Waals surface area contributed by atoms with E-state index in [1.807, 2.05) is 6.92 Å². The third-order valence-corrected chi connectivity index (χ3v) is 3.36. The predicted octanol–water partition coefficient (Wildman–Crippen LogP) is 2.40. The van der Waals surface area contributed by atoms with E-state index in [0.29, 0.717) is 5.82 Å². The number of anilines is 1. The molecule has 2 aromatic heterocycles. The van der Waals surface area contributed by atoms with Gasteiger partial charge in [-0.3, -0.25) is 0 Å². The number of nitrogens with two attached hydrogens (primary N) is 1. The predicted molar refractivity (Wildman–Crippen MR) is 60.6 cm³/mol. The van der Waals surface area contributed by atoms with E-state index in [-0.39, 0.29) is 0 Å². The van der Waals surface area contributed by atoms with Crippen LogP contribution in [0, 0.1) is 0 Å². The van der Waals surface area contributed by atoms with E-state index in [2.05, 4.69) is 23.0 Å². The molecule has 0 saturated carbocycles. The van der Waals surface area contributed by atoms with Crippen LogP contribution >= 0.6 is 11.3 Å². The molecular formula is C10H13N3S. The quantitative estimate of drug-likeness (QED) is 0.822. The number of nitrogen functional groups attached to an aromatic ring is 1. The zero-order chi connectivity index (χ0) is 10.1. The van der Waals surface area contributed by atoms with Crippen LogP contribution in [0.4, 0.5) is 5.82 Å². The van der Waals surface area contributed by atoms with E-state index in [1.165, 1.54) is 4.88 Å². The van der Waals surface area contributed by atoms with Crippen molar-refractivity contribution in [1.82, 2.24) is 9.97 Å². The number of aryl methyl sites for hydroxylation is 2. The van der Waals surface area contributed by atoms with E-state index in [1.54, 1.807) is 11.3 Å². The summed E-state index contributed by atoms with van der Waals surface area (Å²) < 4.78 is 0. The zero-order valence-corrected chi connectivity index (χ0v) is 9.19. The topological polar surface area (TPSA) is 51.8 Å². The summed E-state index contributed by atoms with van der Waals surface area (Å²) >= 11 is 1.71. The average molecular weight is 207 g/mol. The zero-order valence-electron chi connectivity index (χ0n) is 8.37. The number of rotatable bonds is 2. The number of fused-ring (bicyclic) bond motifs is 1. The van der Waals surface area contributed by atoms with E-state index >= 15 is 0 Å². The molecule has 0 unspecified atom stereocenters. The van der Waals surface area contributed by atoms with Crippen molar-refractivity contribution in [2.24, 2.45) is 0 Å². The van der Waals surface area contributed by atoms with Crippen LogP contribution in [-0.4, -0.2) is 9.97 Å². The minimum Gasteiger partial charge on any atom is -0.383 e. The van der Waals surface area contributed by atoms with Gasteiger partial charge in [0.25, 0.3) is 0 Å². The Morgan fingerprint density at radius 2 is 2.07 bits per heavy atom. The van der Waals surface area contributed by atoms with Crippen LogP contribution in [0.5, 0.6) is 0 Å². The Morgan fingerprint density at radius 1 is 1.29 bits per heavy atom. The van der Waals surface area contributed by atoms with E-state index < -0.39 is 0 Å². The summed E-state index contributed by atoms with van der Waals surface area (Å²) in [6, 6.07) is 2.09. The van der Waals surface area contributed by atoms with Gasteiger partial charge in [-0.1, -0.05) is 13.8 Å². The van der Waals surface area contributed by atoms with E-state index in [4.69, 9.17) is 5.73 Å². The van der Waals surface area contributed by atoms with Crippen LogP contribution in [0.25, 0.3) is 10.2 Å². The highest BCUT2D eigenvalue weighted by molar-refractivity contribution is 7.18. The molecule has 0 bridgehead atoms. The summed E-state index contributed by atoms with van der Waals surface area (Å²) in [6.07, 6.45) is 1.86. The summed E-state index contributed by atoms with van der Waals surface area (Å²) in [5.74, 6) is 1.45. The molecule has 0 aliphatic rings. The molecule has 4 heteroatoms.